The SMILES string of the molecule is O=C(O)CCc1cn2cc(OCc3ccc(C4CCCC4)c(C(F)(F)F)c3)ccc2n1. The van der Waals surface area contributed by atoms with Gasteiger partial charge in [-0.05, 0) is 48.1 Å². The van der Waals surface area contributed by atoms with E-state index in [2.05, 4.69) is 4.98 Å². The molecule has 3 aromatic rings. The van der Waals surface area contributed by atoms with E-state index in [0.29, 0.717) is 34.6 Å². The van der Waals surface area contributed by atoms with Crippen LogP contribution in [0.2, 0.25) is 0 Å². The molecule has 0 saturated heterocycles. The van der Waals surface area contributed by atoms with Crippen LogP contribution in [0.25, 0.3) is 5.65 Å². The van der Waals surface area contributed by atoms with Crippen LogP contribution in [-0.4, -0.2) is 20.5 Å². The minimum atomic E-state index is -4.39. The van der Waals surface area contributed by atoms with E-state index in [9.17, 15) is 18.0 Å². The number of imidazole rings is 1. The van der Waals surface area contributed by atoms with Gasteiger partial charge in [0.15, 0.2) is 0 Å². The first-order valence-corrected chi connectivity index (χ1v) is 10.3. The van der Waals surface area contributed by atoms with Crippen LogP contribution in [0.4, 0.5) is 13.2 Å². The number of benzene rings is 1. The molecule has 0 amide bonds. The van der Waals surface area contributed by atoms with Crippen molar-refractivity contribution < 1.29 is 27.8 Å². The third kappa shape index (κ3) is 5.00. The minimum absolute atomic E-state index is 0.00830. The monoisotopic (exact) mass is 432 g/mol. The molecular weight excluding hydrogens is 409 g/mol. The van der Waals surface area contributed by atoms with E-state index >= 15 is 0 Å². The Hall–Kier alpha value is -3.03. The number of pyridine rings is 1. The zero-order valence-corrected chi connectivity index (χ0v) is 16.9. The molecule has 0 bridgehead atoms. The fourth-order valence-electron chi connectivity index (χ4n) is 4.16. The Bertz CT molecular complexity index is 1090. The van der Waals surface area contributed by atoms with E-state index < -0.39 is 17.7 Å². The number of fused-ring (bicyclic) bond motifs is 1. The number of nitrogens with zero attached hydrogens (tertiary/aromatic N) is 2. The molecule has 1 aliphatic rings. The topological polar surface area (TPSA) is 63.8 Å². The number of carboxylic acid groups (broad SMARTS) is 1. The number of hydrogen-bond acceptors (Lipinski definition) is 3. The largest absolute Gasteiger partial charge is 0.487 e. The fourth-order valence-corrected chi connectivity index (χ4v) is 4.16. The summed E-state index contributed by atoms with van der Waals surface area (Å²) in [5, 5.41) is 8.80. The van der Waals surface area contributed by atoms with Gasteiger partial charge in [0.25, 0.3) is 0 Å². The van der Waals surface area contributed by atoms with Gasteiger partial charge in [-0.2, -0.15) is 13.2 Å². The molecule has 31 heavy (non-hydrogen) atoms. The third-order valence-electron chi connectivity index (χ3n) is 5.69. The number of aryl methyl sites for hydroxylation is 1. The molecule has 0 atom stereocenters. The molecule has 0 radical (unpaired) electrons. The highest BCUT2D eigenvalue weighted by molar-refractivity contribution is 5.67. The van der Waals surface area contributed by atoms with Gasteiger partial charge in [-0.1, -0.05) is 25.0 Å². The normalized spacial score (nSPS) is 14.9. The first-order chi connectivity index (χ1) is 14.8. The number of carbonyl (C=O) groups is 1. The lowest BCUT2D eigenvalue weighted by atomic mass is 9.91. The number of carboxylic acids is 1. The van der Waals surface area contributed by atoms with Crippen molar-refractivity contribution in [1.29, 1.82) is 0 Å². The number of alkyl halides is 3. The third-order valence-corrected chi connectivity index (χ3v) is 5.69. The van der Waals surface area contributed by atoms with E-state index in [1.807, 2.05) is 0 Å². The maximum absolute atomic E-state index is 13.6. The van der Waals surface area contributed by atoms with E-state index in [1.165, 1.54) is 6.07 Å². The Morgan fingerprint density at radius 1 is 1.16 bits per heavy atom. The molecule has 1 N–H and O–H groups in total. The molecular formula is C23H23F3N2O3. The predicted octanol–water partition coefficient (Wildman–Crippen LogP) is 5.61. The zero-order valence-electron chi connectivity index (χ0n) is 16.9. The maximum Gasteiger partial charge on any atom is 0.416 e. The van der Waals surface area contributed by atoms with Crippen LogP contribution < -0.4 is 4.74 Å². The van der Waals surface area contributed by atoms with Crippen LogP contribution in [0.5, 0.6) is 5.75 Å². The van der Waals surface area contributed by atoms with Crippen molar-refractivity contribution in [3.8, 4) is 5.75 Å². The molecule has 4 rings (SSSR count). The molecule has 1 aromatic carbocycles. The molecule has 0 aliphatic heterocycles. The van der Waals surface area contributed by atoms with Crippen LogP contribution in [0.3, 0.4) is 0 Å². The van der Waals surface area contributed by atoms with Crippen LogP contribution >= 0.6 is 0 Å². The van der Waals surface area contributed by atoms with Gasteiger partial charge < -0.3 is 14.2 Å². The number of hydrogen-bond donors (Lipinski definition) is 1. The van der Waals surface area contributed by atoms with Crippen molar-refractivity contribution in [2.75, 3.05) is 0 Å². The van der Waals surface area contributed by atoms with Crippen molar-refractivity contribution in [2.24, 2.45) is 0 Å². The lowest BCUT2D eigenvalue weighted by molar-refractivity contribution is -0.138. The molecule has 2 aromatic heterocycles. The summed E-state index contributed by atoms with van der Waals surface area (Å²) >= 11 is 0. The smallest absolute Gasteiger partial charge is 0.416 e. The quantitative estimate of drug-likeness (QED) is 0.527. The van der Waals surface area contributed by atoms with Crippen LogP contribution in [0.1, 0.15) is 60.4 Å². The average Bonchev–Trinajstić information content (AvgIpc) is 3.39. The van der Waals surface area contributed by atoms with Crippen molar-refractivity contribution in [2.45, 2.75) is 57.2 Å². The maximum atomic E-state index is 13.6. The zero-order chi connectivity index (χ0) is 22.0. The highest BCUT2D eigenvalue weighted by Gasteiger charge is 2.36. The second-order valence-corrected chi connectivity index (χ2v) is 7.95. The van der Waals surface area contributed by atoms with Gasteiger partial charge in [0.1, 0.15) is 18.0 Å². The van der Waals surface area contributed by atoms with Gasteiger partial charge in [0.05, 0.1) is 23.9 Å². The Balaban J connectivity index is 1.49. The fraction of sp³-hybridized carbons (Fsp3) is 0.391. The Labute approximate surface area is 177 Å². The number of rotatable bonds is 7. The van der Waals surface area contributed by atoms with Gasteiger partial charge in [0, 0.05) is 12.6 Å². The summed E-state index contributed by atoms with van der Waals surface area (Å²) in [6.07, 6.45) is 2.88. The van der Waals surface area contributed by atoms with Gasteiger partial charge >= 0.3 is 12.1 Å². The Morgan fingerprint density at radius 2 is 1.94 bits per heavy atom. The molecule has 1 fully saturated rings. The molecule has 164 valence electrons. The van der Waals surface area contributed by atoms with Gasteiger partial charge in [-0.25, -0.2) is 4.98 Å². The summed E-state index contributed by atoms with van der Waals surface area (Å²) in [6, 6.07) is 7.94. The number of halogens is 3. The Morgan fingerprint density at radius 3 is 2.65 bits per heavy atom. The molecule has 0 spiro atoms. The molecule has 8 heteroatoms. The molecule has 0 unspecified atom stereocenters. The average molecular weight is 432 g/mol. The summed E-state index contributed by atoms with van der Waals surface area (Å²) in [7, 11) is 0. The summed E-state index contributed by atoms with van der Waals surface area (Å²) in [6.45, 7) is 0.0140. The molecule has 1 aliphatic carbocycles. The van der Waals surface area contributed by atoms with E-state index in [0.717, 1.165) is 25.7 Å². The second kappa shape index (κ2) is 8.61. The van der Waals surface area contributed by atoms with Crippen molar-refractivity contribution >= 4 is 11.6 Å². The second-order valence-electron chi connectivity index (χ2n) is 7.95. The standard InChI is InChI=1S/C23H23F3N2O3/c24-23(25,26)20-11-15(5-8-19(20)16-3-1-2-4-16)14-31-18-7-9-21-27-17(6-10-22(29)30)12-28(21)13-18/h5,7-9,11-13,16H,1-4,6,10,14H2,(H,29,30). The van der Waals surface area contributed by atoms with Crippen molar-refractivity contribution in [3.05, 3.63) is 65.1 Å². The van der Waals surface area contributed by atoms with Crippen molar-refractivity contribution in [3.63, 3.8) is 0 Å². The summed E-state index contributed by atoms with van der Waals surface area (Å²) in [5.41, 5.74) is 1.59. The van der Waals surface area contributed by atoms with Crippen LogP contribution in [-0.2, 0) is 24.0 Å². The summed E-state index contributed by atoms with van der Waals surface area (Å²) < 4.78 is 48.4. The van der Waals surface area contributed by atoms with Gasteiger partial charge in [-0.15, -0.1) is 0 Å². The molecule has 1 saturated carbocycles. The number of aromatic nitrogens is 2. The lowest BCUT2D eigenvalue weighted by Gasteiger charge is -2.19. The number of ether oxygens (including phenoxy) is 1. The van der Waals surface area contributed by atoms with E-state index in [4.69, 9.17) is 9.84 Å². The van der Waals surface area contributed by atoms with Crippen LogP contribution in [0, 0.1) is 0 Å². The molecule has 2 heterocycles. The van der Waals surface area contributed by atoms with Gasteiger partial charge in [0.2, 0.25) is 0 Å². The van der Waals surface area contributed by atoms with Crippen LogP contribution in [0.15, 0.2) is 42.7 Å². The van der Waals surface area contributed by atoms with E-state index in [-0.39, 0.29) is 18.9 Å². The van der Waals surface area contributed by atoms with E-state index in [1.54, 1.807) is 41.1 Å². The Kier molecular flexibility index (Phi) is 5.89. The summed E-state index contributed by atoms with van der Waals surface area (Å²) in [4.78, 5) is 15.1. The number of aliphatic carboxylic acids is 1. The highest BCUT2D eigenvalue weighted by Crippen LogP contribution is 2.42. The lowest BCUT2D eigenvalue weighted by Crippen LogP contribution is -2.12. The van der Waals surface area contributed by atoms with Gasteiger partial charge in [-0.3, -0.25) is 4.79 Å². The predicted molar refractivity (Wildman–Crippen MR) is 108 cm³/mol. The summed E-state index contributed by atoms with van der Waals surface area (Å²) in [5.74, 6) is -0.424. The highest BCUT2D eigenvalue weighted by atomic mass is 19.4. The van der Waals surface area contributed by atoms with Crippen molar-refractivity contribution in [1.82, 2.24) is 9.38 Å². The first-order valence-electron chi connectivity index (χ1n) is 10.3. The minimum Gasteiger partial charge on any atom is -0.487 e. The first kappa shape index (κ1) is 21.2. The molecule has 5 nitrogen and oxygen atoms in total.